The number of amides is 2. The second-order valence-electron chi connectivity index (χ2n) is 7.16. The molecule has 2 aliphatic carbocycles. The zero-order valence-corrected chi connectivity index (χ0v) is 14.1. The fraction of sp³-hybridized carbons (Fsp3) is 0.706. The minimum atomic E-state index is -0.171. The van der Waals surface area contributed by atoms with Gasteiger partial charge in [0, 0.05) is 36.5 Å². The van der Waals surface area contributed by atoms with E-state index in [0.29, 0.717) is 18.0 Å². The normalized spacial score (nSPS) is 25.1. The molecule has 1 atom stereocenters. The maximum Gasteiger partial charge on any atom is 0.273 e. The number of hydrogen-bond donors (Lipinski definition) is 3. The molecule has 0 aromatic carbocycles. The molecule has 2 saturated carbocycles. The Morgan fingerprint density at radius 2 is 1.83 bits per heavy atom. The summed E-state index contributed by atoms with van der Waals surface area (Å²) in [5, 5.41) is 9.91. The summed E-state index contributed by atoms with van der Waals surface area (Å²) in [7, 11) is 0. The first kappa shape index (κ1) is 17.0. The average molecular weight is 334 g/mol. The van der Waals surface area contributed by atoms with Crippen molar-refractivity contribution >= 4 is 11.8 Å². The van der Waals surface area contributed by atoms with Crippen LogP contribution in [0.5, 0.6) is 0 Å². The van der Waals surface area contributed by atoms with Crippen molar-refractivity contribution in [3.8, 4) is 0 Å². The molecule has 24 heavy (non-hydrogen) atoms. The molecule has 1 aromatic rings. The van der Waals surface area contributed by atoms with E-state index in [9.17, 15) is 9.59 Å². The molecule has 7 nitrogen and oxygen atoms in total. The van der Waals surface area contributed by atoms with Crippen LogP contribution in [-0.4, -0.2) is 35.1 Å². The summed E-state index contributed by atoms with van der Waals surface area (Å²) in [5.74, 6) is 1.11. The summed E-state index contributed by atoms with van der Waals surface area (Å²) < 4.78 is 5.22. The lowest BCUT2D eigenvalue weighted by Crippen LogP contribution is -2.44. The summed E-state index contributed by atoms with van der Waals surface area (Å²) in [6, 6.07) is 1.94. The van der Waals surface area contributed by atoms with Crippen LogP contribution in [0.2, 0.25) is 0 Å². The largest absolute Gasteiger partial charge is 0.360 e. The van der Waals surface area contributed by atoms with Gasteiger partial charge in [0.25, 0.3) is 5.91 Å². The van der Waals surface area contributed by atoms with Crippen molar-refractivity contribution < 1.29 is 14.1 Å². The first-order valence-corrected chi connectivity index (χ1v) is 8.83. The Labute approximate surface area is 141 Å². The van der Waals surface area contributed by atoms with E-state index in [1.54, 1.807) is 6.07 Å². The van der Waals surface area contributed by atoms with Crippen LogP contribution < -0.4 is 16.4 Å². The minimum absolute atomic E-state index is 0.00712. The summed E-state index contributed by atoms with van der Waals surface area (Å²) in [6.07, 6.45) is 6.02. The topological polar surface area (TPSA) is 110 Å². The molecule has 2 amide bonds. The third kappa shape index (κ3) is 4.56. The SMILES string of the molecule is C[C@@H](N)CC(=O)N[C@H]1CC[C@@H](NC(=O)c2cc(C3CC3)on2)CC1. The van der Waals surface area contributed by atoms with Gasteiger partial charge in [-0.1, -0.05) is 5.16 Å². The number of nitrogens with one attached hydrogen (secondary N) is 2. The Bertz CT molecular complexity index is 586. The lowest BCUT2D eigenvalue weighted by molar-refractivity contribution is -0.122. The van der Waals surface area contributed by atoms with E-state index >= 15 is 0 Å². The van der Waals surface area contributed by atoms with Gasteiger partial charge in [-0.25, -0.2) is 0 Å². The molecule has 2 aliphatic rings. The highest BCUT2D eigenvalue weighted by molar-refractivity contribution is 5.92. The molecule has 0 saturated heterocycles. The quantitative estimate of drug-likeness (QED) is 0.729. The van der Waals surface area contributed by atoms with Crippen LogP contribution in [0.25, 0.3) is 0 Å². The van der Waals surface area contributed by atoms with Crippen LogP contribution >= 0.6 is 0 Å². The fourth-order valence-electron chi connectivity index (χ4n) is 3.18. The molecule has 0 unspecified atom stereocenters. The maximum atomic E-state index is 12.2. The van der Waals surface area contributed by atoms with Gasteiger partial charge in [0.15, 0.2) is 5.69 Å². The van der Waals surface area contributed by atoms with Gasteiger partial charge in [-0.3, -0.25) is 9.59 Å². The number of rotatable bonds is 6. The number of aromatic nitrogens is 1. The molecule has 1 aromatic heterocycles. The smallest absolute Gasteiger partial charge is 0.273 e. The van der Waals surface area contributed by atoms with Gasteiger partial charge in [-0.2, -0.15) is 0 Å². The van der Waals surface area contributed by atoms with E-state index in [4.69, 9.17) is 10.3 Å². The van der Waals surface area contributed by atoms with Gasteiger partial charge in [0.05, 0.1) is 0 Å². The molecule has 0 radical (unpaired) electrons. The molecular weight excluding hydrogens is 308 g/mol. The van der Waals surface area contributed by atoms with Crippen molar-refractivity contribution in [1.82, 2.24) is 15.8 Å². The van der Waals surface area contributed by atoms with Crippen molar-refractivity contribution in [2.24, 2.45) is 5.73 Å². The van der Waals surface area contributed by atoms with Crippen molar-refractivity contribution in [2.75, 3.05) is 0 Å². The molecule has 0 bridgehead atoms. The third-order valence-corrected chi connectivity index (χ3v) is 4.68. The van der Waals surface area contributed by atoms with Gasteiger partial charge >= 0.3 is 0 Å². The molecule has 3 rings (SSSR count). The second-order valence-corrected chi connectivity index (χ2v) is 7.16. The summed E-state index contributed by atoms with van der Waals surface area (Å²) >= 11 is 0. The van der Waals surface area contributed by atoms with Crippen molar-refractivity contribution in [3.05, 3.63) is 17.5 Å². The van der Waals surface area contributed by atoms with Gasteiger partial charge in [0.1, 0.15) is 5.76 Å². The zero-order chi connectivity index (χ0) is 17.1. The third-order valence-electron chi connectivity index (χ3n) is 4.68. The number of nitrogens with two attached hydrogens (primary N) is 1. The van der Waals surface area contributed by atoms with Crippen LogP contribution in [0, 0.1) is 0 Å². The highest BCUT2D eigenvalue weighted by Crippen LogP contribution is 2.40. The molecule has 1 heterocycles. The standard InChI is InChI=1S/C17H26N4O3/c1-10(18)8-16(22)19-12-4-6-13(7-5-12)20-17(23)14-9-15(24-21-14)11-2-3-11/h9-13H,2-8,18H2,1H3,(H,19,22)(H,20,23)/t10-,12-,13+/m1/s1. The van der Waals surface area contributed by atoms with E-state index in [2.05, 4.69) is 15.8 Å². The van der Waals surface area contributed by atoms with E-state index in [1.807, 2.05) is 6.92 Å². The van der Waals surface area contributed by atoms with Crippen LogP contribution in [0.1, 0.15) is 74.0 Å². The van der Waals surface area contributed by atoms with Crippen LogP contribution in [0.3, 0.4) is 0 Å². The monoisotopic (exact) mass is 334 g/mol. The Hall–Kier alpha value is -1.89. The summed E-state index contributed by atoms with van der Waals surface area (Å²) in [5.41, 5.74) is 6.00. The first-order chi connectivity index (χ1) is 11.5. The van der Waals surface area contributed by atoms with Gasteiger partial charge in [-0.15, -0.1) is 0 Å². The van der Waals surface area contributed by atoms with Crippen molar-refractivity contribution in [2.45, 2.75) is 75.9 Å². The van der Waals surface area contributed by atoms with Gasteiger partial charge in [0.2, 0.25) is 5.91 Å². The van der Waals surface area contributed by atoms with E-state index in [0.717, 1.165) is 44.3 Å². The van der Waals surface area contributed by atoms with Crippen molar-refractivity contribution in [3.63, 3.8) is 0 Å². The Balaban J connectivity index is 1.41. The number of nitrogens with zero attached hydrogens (tertiary/aromatic N) is 1. The molecule has 0 spiro atoms. The van der Waals surface area contributed by atoms with E-state index in [-0.39, 0.29) is 29.9 Å². The maximum absolute atomic E-state index is 12.2. The Morgan fingerprint density at radius 1 is 1.21 bits per heavy atom. The molecule has 2 fully saturated rings. The lowest BCUT2D eigenvalue weighted by Gasteiger charge is -2.29. The first-order valence-electron chi connectivity index (χ1n) is 8.83. The second kappa shape index (κ2) is 7.34. The Morgan fingerprint density at radius 3 is 2.42 bits per heavy atom. The zero-order valence-electron chi connectivity index (χ0n) is 14.1. The van der Waals surface area contributed by atoms with Crippen LogP contribution in [0.15, 0.2) is 10.6 Å². The predicted molar refractivity (Wildman–Crippen MR) is 88.4 cm³/mol. The van der Waals surface area contributed by atoms with Gasteiger partial charge < -0.3 is 20.9 Å². The highest BCUT2D eigenvalue weighted by atomic mass is 16.5. The highest BCUT2D eigenvalue weighted by Gasteiger charge is 2.30. The fourth-order valence-corrected chi connectivity index (χ4v) is 3.18. The average Bonchev–Trinajstić information content (AvgIpc) is 3.25. The molecule has 0 aliphatic heterocycles. The lowest BCUT2D eigenvalue weighted by atomic mass is 9.91. The summed E-state index contributed by atoms with van der Waals surface area (Å²) in [4.78, 5) is 24.0. The minimum Gasteiger partial charge on any atom is -0.360 e. The molecule has 7 heteroatoms. The molecule has 132 valence electrons. The number of hydrogen-bond acceptors (Lipinski definition) is 5. The number of carbonyl (C=O) groups excluding carboxylic acids is 2. The van der Waals surface area contributed by atoms with Crippen molar-refractivity contribution in [1.29, 1.82) is 0 Å². The number of carbonyl (C=O) groups is 2. The van der Waals surface area contributed by atoms with Gasteiger partial charge in [-0.05, 0) is 45.4 Å². The van der Waals surface area contributed by atoms with E-state index in [1.165, 1.54) is 0 Å². The summed E-state index contributed by atoms with van der Waals surface area (Å²) in [6.45, 7) is 1.82. The van der Waals surface area contributed by atoms with E-state index < -0.39 is 0 Å². The Kier molecular flexibility index (Phi) is 5.18. The molecular formula is C17H26N4O3. The predicted octanol–water partition coefficient (Wildman–Crippen LogP) is 1.45. The van der Waals surface area contributed by atoms with Crippen LogP contribution in [0.4, 0.5) is 0 Å². The van der Waals surface area contributed by atoms with Crippen LogP contribution in [-0.2, 0) is 4.79 Å². The molecule has 4 N–H and O–H groups in total.